The summed E-state index contributed by atoms with van der Waals surface area (Å²) < 4.78 is 13.8. The van der Waals surface area contributed by atoms with Gasteiger partial charge in [-0.2, -0.15) is 5.26 Å². The molecule has 0 aliphatic rings. The van der Waals surface area contributed by atoms with Gasteiger partial charge >= 0.3 is 0 Å². The largest absolute Gasteiger partial charge is 0.206 e. The van der Waals surface area contributed by atoms with Gasteiger partial charge in [-0.1, -0.05) is 72.8 Å². The second-order valence-corrected chi connectivity index (χ2v) is 5.14. The van der Waals surface area contributed by atoms with Crippen LogP contribution in [0.2, 0.25) is 0 Å². The smallest absolute Gasteiger partial charge is 0.131 e. The topological polar surface area (TPSA) is 23.8 Å². The van der Waals surface area contributed by atoms with Crippen LogP contribution in [0.3, 0.4) is 0 Å². The van der Waals surface area contributed by atoms with Crippen molar-refractivity contribution < 1.29 is 4.39 Å². The van der Waals surface area contributed by atoms with Gasteiger partial charge in [0.1, 0.15) is 5.82 Å². The summed E-state index contributed by atoms with van der Waals surface area (Å²) in [4.78, 5) is 0. The maximum Gasteiger partial charge on any atom is 0.131 e. The summed E-state index contributed by atoms with van der Waals surface area (Å²) in [5.74, 6) is -0.388. The summed E-state index contributed by atoms with van der Waals surface area (Å²) in [6.45, 7) is 0. The standard InChI is InChI=1S/C21H14FN/c22-21-9-5-4-8-20(21)19(15-23)14-16-10-12-18(13-11-16)17-6-2-1-3-7-17/h1-14H/b19-14-. The zero-order valence-corrected chi connectivity index (χ0v) is 12.4. The first-order valence-electron chi connectivity index (χ1n) is 7.30. The summed E-state index contributed by atoms with van der Waals surface area (Å²) in [5.41, 5.74) is 3.74. The summed E-state index contributed by atoms with van der Waals surface area (Å²) in [6.07, 6.45) is 1.70. The van der Waals surface area contributed by atoms with Crippen LogP contribution in [-0.2, 0) is 0 Å². The zero-order chi connectivity index (χ0) is 16.1. The first-order chi connectivity index (χ1) is 11.3. The first-order valence-corrected chi connectivity index (χ1v) is 7.30. The van der Waals surface area contributed by atoms with E-state index in [-0.39, 0.29) is 5.82 Å². The number of benzene rings is 3. The Morgan fingerprint density at radius 3 is 2.04 bits per heavy atom. The molecule has 0 heterocycles. The molecule has 0 aliphatic carbocycles. The van der Waals surface area contributed by atoms with Gasteiger partial charge in [0.25, 0.3) is 0 Å². The number of nitrogens with zero attached hydrogens (tertiary/aromatic N) is 1. The fourth-order valence-electron chi connectivity index (χ4n) is 2.42. The lowest BCUT2D eigenvalue weighted by Crippen LogP contribution is -1.87. The summed E-state index contributed by atoms with van der Waals surface area (Å²) >= 11 is 0. The van der Waals surface area contributed by atoms with Crippen LogP contribution < -0.4 is 0 Å². The van der Waals surface area contributed by atoms with Crippen molar-refractivity contribution in [3.63, 3.8) is 0 Å². The van der Waals surface area contributed by atoms with Crippen LogP contribution in [0.15, 0.2) is 78.9 Å². The molecule has 0 saturated carbocycles. The van der Waals surface area contributed by atoms with Crippen molar-refractivity contribution in [3.05, 3.63) is 95.8 Å². The van der Waals surface area contributed by atoms with Gasteiger partial charge in [-0.3, -0.25) is 0 Å². The van der Waals surface area contributed by atoms with Gasteiger partial charge in [0.05, 0.1) is 11.6 Å². The molecule has 0 radical (unpaired) electrons. The molecule has 0 aliphatic heterocycles. The van der Waals surface area contributed by atoms with Crippen molar-refractivity contribution >= 4 is 11.6 Å². The molecule has 0 N–H and O–H groups in total. The minimum absolute atomic E-state index is 0.315. The predicted octanol–water partition coefficient (Wildman–Crippen LogP) is 5.56. The van der Waals surface area contributed by atoms with Gasteiger partial charge in [-0.15, -0.1) is 0 Å². The molecule has 0 bridgehead atoms. The van der Waals surface area contributed by atoms with Gasteiger partial charge in [0.15, 0.2) is 0 Å². The van der Waals surface area contributed by atoms with Crippen LogP contribution in [0.25, 0.3) is 22.8 Å². The number of hydrogen-bond donors (Lipinski definition) is 0. The normalized spacial score (nSPS) is 11.0. The molecule has 23 heavy (non-hydrogen) atoms. The van der Waals surface area contributed by atoms with Gasteiger partial charge in [0, 0.05) is 5.56 Å². The van der Waals surface area contributed by atoms with Crippen LogP contribution in [0.5, 0.6) is 0 Å². The Morgan fingerprint density at radius 1 is 0.783 bits per heavy atom. The van der Waals surface area contributed by atoms with E-state index in [0.717, 1.165) is 16.7 Å². The molecule has 3 aromatic carbocycles. The fraction of sp³-hybridized carbons (Fsp3) is 0. The zero-order valence-electron chi connectivity index (χ0n) is 12.4. The van der Waals surface area contributed by atoms with Gasteiger partial charge in [0.2, 0.25) is 0 Å². The Bertz CT molecular complexity index is 872. The Balaban J connectivity index is 1.93. The number of hydrogen-bond acceptors (Lipinski definition) is 1. The average Bonchev–Trinajstić information content (AvgIpc) is 2.62. The van der Waals surface area contributed by atoms with E-state index in [4.69, 9.17) is 0 Å². The van der Waals surface area contributed by atoms with E-state index in [1.165, 1.54) is 6.07 Å². The van der Waals surface area contributed by atoms with Crippen molar-refractivity contribution in [1.82, 2.24) is 0 Å². The van der Waals surface area contributed by atoms with E-state index >= 15 is 0 Å². The number of allylic oxidation sites excluding steroid dienone is 1. The molecular formula is C21H14FN. The molecule has 3 aromatic rings. The monoisotopic (exact) mass is 299 g/mol. The molecule has 0 amide bonds. The molecule has 1 nitrogen and oxygen atoms in total. The third kappa shape index (κ3) is 3.36. The highest BCUT2D eigenvalue weighted by molar-refractivity contribution is 5.90. The molecule has 0 aromatic heterocycles. The van der Waals surface area contributed by atoms with Crippen LogP contribution in [0.1, 0.15) is 11.1 Å². The maximum atomic E-state index is 13.8. The summed E-state index contributed by atoms with van der Waals surface area (Å²) in [7, 11) is 0. The second-order valence-electron chi connectivity index (χ2n) is 5.14. The van der Waals surface area contributed by atoms with Crippen LogP contribution >= 0.6 is 0 Å². The van der Waals surface area contributed by atoms with Crippen LogP contribution in [0.4, 0.5) is 4.39 Å². The first kappa shape index (κ1) is 14.7. The van der Waals surface area contributed by atoms with Crippen molar-refractivity contribution in [2.24, 2.45) is 0 Å². The Labute approximate surface area is 135 Å². The predicted molar refractivity (Wildman–Crippen MR) is 91.8 cm³/mol. The van der Waals surface area contributed by atoms with Gasteiger partial charge in [-0.05, 0) is 28.8 Å². The lowest BCUT2D eigenvalue weighted by Gasteiger charge is -2.04. The molecule has 0 atom stereocenters. The van der Waals surface area contributed by atoms with Crippen molar-refractivity contribution in [2.45, 2.75) is 0 Å². The van der Waals surface area contributed by atoms with Gasteiger partial charge in [-0.25, -0.2) is 4.39 Å². The Kier molecular flexibility index (Phi) is 4.31. The minimum Gasteiger partial charge on any atom is -0.206 e. The minimum atomic E-state index is -0.388. The number of nitriles is 1. The van der Waals surface area contributed by atoms with Crippen molar-refractivity contribution in [2.75, 3.05) is 0 Å². The molecule has 0 unspecified atom stereocenters. The van der Waals surface area contributed by atoms with E-state index in [1.807, 2.05) is 54.6 Å². The molecule has 2 heteroatoms. The van der Waals surface area contributed by atoms with E-state index in [2.05, 4.69) is 6.07 Å². The molecule has 0 spiro atoms. The molecule has 110 valence electrons. The third-order valence-electron chi connectivity index (χ3n) is 3.61. The van der Waals surface area contributed by atoms with Crippen molar-refractivity contribution in [3.8, 4) is 17.2 Å². The SMILES string of the molecule is N#C/C(=C/c1ccc(-c2ccccc2)cc1)c1ccccc1F. The Hall–Kier alpha value is -3.18. The number of rotatable bonds is 3. The number of halogens is 1. The van der Waals surface area contributed by atoms with Gasteiger partial charge < -0.3 is 0 Å². The summed E-state index contributed by atoms with van der Waals surface area (Å²) in [5, 5.41) is 9.31. The van der Waals surface area contributed by atoms with Crippen molar-refractivity contribution in [1.29, 1.82) is 5.26 Å². The van der Waals surface area contributed by atoms with E-state index in [0.29, 0.717) is 11.1 Å². The lowest BCUT2D eigenvalue weighted by atomic mass is 10.0. The van der Waals surface area contributed by atoms with E-state index in [1.54, 1.807) is 24.3 Å². The molecule has 0 fully saturated rings. The second kappa shape index (κ2) is 6.72. The molecule has 0 saturated heterocycles. The van der Waals surface area contributed by atoms with Crippen LogP contribution in [0, 0.1) is 17.1 Å². The highest BCUT2D eigenvalue weighted by Gasteiger charge is 2.06. The average molecular weight is 299 g/mol. The highest BCUT2D eigenvalue weighted by Crippen LogP contribution is 2.23. The van der Waals surface area contributed by atoms with Crippen LogP contribution in [-0.4, -0.2) is 0 Å². The lowest BCUT2D eigenvalue weighted by molar-refractivity contribution is 0.624. The van der Waals surface area contributed by atoms with E-state index in [9.17, 15) is 9.65 Å². The third-order valence-corrected chi connectivity index (χ3v) is 3.61. The highest BCUT2D eigenvalue weighted by atomic mass is 19.1. The summed E-state index contributed by atoms with van der Waals surface area (Å²) in [6, 6.07) is 26.3. The fourth-order valence-corrected chi connectivity index (χ4v) is 2.42. The molecule has 3 rings (SSSR count). The maximum absolute atomic E-state index is 13.8. The quantitative estimate of drug-likeness (QED) is 0.459. The van der Waals surface area contributed by atoms with E-state index < -0.39 is 0 Å². The Morgan fingerprint density at radius 2 is 1.39 bits per heavy atom. The molecular weight excluding hydrogens is 285 g/mol.